The first-order valence-corrected chi connectivity index (χ1v) is 8.47. The molecular formula is C18H27N3O4. The standard InChI is InChI=1S/C18H27N3O4/c1-20-17(23)18(24)21-11-5-4-9-14-7-2-3-8-15(14)10-6-12-25-13-16(19)22/h2-3,7-8H,4-6,9-13H2,1H3,(H2,19,22)(H,20,23)(H,21,24). The fourth-order valence-corrected chi connectivity index (χ4v) is 2.42. The van der Waals surface area contributed by atoms with Crippen molar-refractivity contribution in [2.45, 2.75) is 32.1 Å². The molecule has 1 aromatic carbocycles. The van der Waals surface area contributed by atoms with Crippen LogP contribution in [0.2, 0.25) is 0 Å². The quantitative estimate of drug-likeness (QED) is 0.394. The van der Waals surface area contributed by atoms with E-state index in [0.717, 1.165) is 32.1 Å². The number of hydrogen-bond acceptors (Lipinski definition) is 4. The van der Waals surface area contributed by atoms with Gasteiger partial charge in [-0.15, -0.1) is 0 Å². The molecule has 0 spiro atoms. The van der Waals surface area contributed by atoms with Crippen LogP contribution in [-0.2, 0) is 32.0 Å². The lowest BCUT2D eigenvalue weighted by atomic mass is 9.98. The Morgan fingerprint density at radius 3 is 2.24 bits per heavy atom. The highest BCUT2D eigenvalue weighted by molar-refractivity contribution is 6.34. The number of carbonyl (C=O) groups excluding carboxylic acids is 3. The van der Waals surface area contributed by atoms with E-state index in [4.69, 9.17) is 10.5 Å². The van der Waals surface area contributed by atoms with Crippen LogP contribution in [0.25, 0.3) is 0 Å². The lowest BCUT2D eigenvalue weighted by Gasteiger charge is -2.10. The first-order chi connectivity index (χ1) is 12.0. The van der Waals surface area contributed by atoms with Gasteiger partial charge in [0.05, 0.1) is 0 Å². The predicted molar refractivity (Wildman–Crippen MR) is 94.8 cm³/mol. The summed E-state index contributed by atoms with van der Waals surface area (Å²) in [6.45, 7) is 0.946. The topological polar surface area (TPSA) is 111 Å². The van der Waals surface area contributed by atoms with Crippen LogP contribution in [0.3, 0.4) is 0 Å². The first kappa shape index (κ1) is 20.6. The van der Waals surface area contributed by atoms with Gasteiger partial charge in [0.15, 0.2) is 0 Å². The van der Waals surface area contributed by atoms with Crippen LogP contribution >= 0.6 is 0 Å². The third-order valence-electron chi connectivity index (χ3n) is 3.69. The molecule has 1 rings (SSSR count). The van der Waals surface area contributed by atoms with E-state index < -0.39 is 17.7 Å². The van der Waals surface area contributed by atoms with Gasteiger partial charge >= 0.3 is 11.8 Å². The number of amides is 3. The van der Waals surface area contributed by atoms with Crippen molar-refractivity contribution in [2.24, 2.45) is 5.73 Å². The number of hydrogen-bond donors (Lipinski definition) is 3. The Balaban J connectivity index is 2.28. The third-order valence-corrected chi connectivity index (χ3v) is 3.69. The van der Waals surface area contributed by atoms with Crippen molar-refractivity contribution < 1.29 is 19.1 Å². The number of nitrogens with two attached hydrogens (primary N) is 1. The molecule has 0 bridgehead atoms. The van der Waals surface area contributed by atoms with Crippen LogP contribution in [0, 0.1) is 0 Å². The smallest absolute Gasteiger partial charge is 0.309 e. The molecule has 0 radical (unpaired) electrons. The number of unbranched alkanes of at least 4 members (excludes halogenated alkanes) is 1. The van der Waals surface area contributed by atoms with E-state index in [0.29, 0.717) is 13.2 Å². The minimum Gasteiger partial charge on any atom is -0.372 e. The van der Waals surface area contributed by atoms with Gasteiger partial charge in [0.2, 0.25) is 5.91 Å². The maximum absolute atomic E-state index is 11.3. The maximum atomic E-state index is 11.3. The molecule has 7 nitrogen and oxygen atoms in total. The summed E-state index contributed by atoms with van der Waals surface area (Å²) in [5.74, 6) is -1.67. The molecule has 138 valence electrons. The van der Waals surface area contributed by atoms with Crippen LogP contribution in [0.5, 0.6) is 0 Å². The van der Waals surface area contributed by atoms with Gasteiger partial charge in [-0.25, -0.2) is 0 Å². The fourth-order valence-electron chi connectivity index (χ4n) is 2.42. The average molecular weight is 349 g/mol. The summed E-state index contributed by atoms with van der Waals surface area (Å²) in [4.78, 5) is 33.0. The molecule has 4 N–H and O–H groups in total. The highest BCUT2D eigenvalue weighted by atomic mass is 16.5. The van der Waals surface area contributed by atoms with Crippen LogP contribution in [0.15, 0.2) is 24.3 Å². The Labute approximate surface area is 148 Å². The van der Waals surface area contributed by atoms with Crippen molar-refractivity contribution in [1.82, 2.24) is 10.6 Å². The van der Waals surface area contributed by atoms with Crippen molar-refractivity contribution in [2.75, 3.05) is 26.8 Å². The van der Waals surface area contributed by atoms with Crippen molar-refractivity contribution in [3.05, 3.63) is 35.4 Å². The first-order valence-electron chi connectivity index (χ1n) is 8.47. The summed E-state index contributed by atoms with van der Waals surface area (Å²) in [5, 5.41) is 4.87. The molecule has 7 heteroatoms. The van der Waals surface area contributed by atoms with E-state index >= 15 is 0 Å². The van der Waals surface area contributed by atoms with Gasteiger partial charge in [0, 0.05) is 20.2 Å². The van der Waals surface area contributed by atoms with Crippen LogP contribution in [0.1, 0.15) is 30.4 Å². The lowest BCUT2D eigenvalue weighted by molar-refractivity contribution is -0.138. The Bertz CT molecular complexity index is 575. The van der Waals surface area contributed by atoms with Crippen molar-refractivity contribution in [3.8, 4) is 0 Å². The molecule has 0 aromatic heterocycles. The number of carbonyl (C=O) groups is 3. The lowest BCUT2D eigenvalue weighted by Crippen LogP contribution is -2.38. The molecule has 0 atom stereocenters. The molecular weight excluding hydrogens is 322 g/mol. The molecule has 0 saturated heterocycles. The van der Waals surface area contributed by atoms with Gasteiger partial charge < -0.3 is 21.1 Å². The summed E-state index contributed by atoms with van der Waals surface area (Å²) in [6.07, 6.45) is 4.34. The molecule has 3 amide bonds. The number of likely N-dealkylation sites (N-methyl/N-ethyl adjacent to an activating group) is 1. The van der Waals surface area contributed by atoms with E-state index in [-0.39, 0.29) is 6.61 Å². The SMILES string of the molecule is CNC(=O)C(=O)NCCCCc1ccccc1CCCOCC(N)=O. The molecule has 0 heterocycles. The zero-order valence-corrected chi connectivity index (χ0v) is 14.7. The van der Waals surface area contributed by atoms with Gasteiger partial charge in [-0.05, 0) is 43.2 Å². The highest BCUT2D eigenvalue weighted by Gasteiger charge is 2.09. The number of ether oxygens (including phenoxy) is 1. The van der Waals surface area contributed by atoms with E-state index in [1.807, 2.05) is 12.1 Å². The summed E-state index contributed by atoms with van der Waals surface area (Å²) < 4.78 is 5.17. The second-order valence-corrected chi connectivity index (χ2v) is 5.68. The van der Waals surface area contributed by atoms with E-state index in [1.54, 1.807) is 0 Å². The zero-order chi connectivity index (χ0) is 18.5. The number of benzene rings is 1. The van der Waals surface area contributed by atoms with Crippen LogP contribution < -0.4 is 16.4 Å². The number of primary amides is 1. The molecule has 0 unspecified atom stereocenters. The van der Waals surface area contributed by atoms with Gasteiger partial charge in [-0.2, -0.15) is 0 Å². The monoisotopic (exact) mass is 349 g/mol. The van der Waals surface area contributed by atoms with Crippen molar-refractivity contribution >= 4 is 17.7 Å². The van der Waals surface area contributed by atoms with Crippen molar-refractivity contribution in [3.63, 3.8) is 0 Å². The molecule has 25 heavy (non-hydrogen) atoms. The second-order valence-electron chi connectivity index (χ2n) is 5.68. The van der Waals surface area contributed by atoms with E-state index in [1.165, 1.54) is 18.2 Å². The zero-order valence-electron chi connectivity index (χ0n) is 14.7. The largest absolute Gasteiger partial charge is 0.372 e. The summed E-state index contributed by atoms with van der Waals surface area (Å²) in [5.41, 5.74) is 7.56. The van der Waals surface area contributed by atoms with Gasteiger partial charge in [-0.3, -0.25) is 14.4 Å². The summed E-state index contributed by atoms with van der Waals surface area (Å²) in [7, 11) is 1.43. The minimum atomic E-state index is -0.621. The van der Waals surface area contributed by atoms with Crippen LogP contribution in [-0.4, -0.2) is 44.5 Å². The number of nitrogens with one attached hydrogen (secondary N) is 2. The van der Waals surface area contributed by atoms with E-state index in [9.17, 15) is 14.4 Å². The van der Waals surface area contributed by atoms with Gasteiger partial charge in [-0.1, -0.05) is 24.3 Å². The summed E-state index contributed by atoms with van der Waals surface area (Å²) in [6, 6.07) is 8.21. The molecule has 0 saturated carbocycles. The molecule has 0 fully saturated rings. The Morgan fingerprint density at radius 2 is 1.64 bits per heavy atom. The molecule has 0 aliphatic carbocycles. The predicted octanol–water partition coefficient (Wildman–Crippen LogP) is 0.306. The van der Waals surface area contributed by atoms with E-state index in [2.05, 4.69) is 22.8 Å². The molecule has 0 aliphatic rings. The third kappa shape index (κ3) is 8.85. The minimum absolute atomic E-state index is 0.0383. The Kier molecular flexibility index (Phi) is 9.92. The Morgan fingerprint density at radius 1 is 1.00 bits per heavy atom. The molecule has 1 aromatic rings. The highest BCUT2D eigenvalue weighted by Crippen LogP contribution is 2.14. The van der Waals surface area contributed by atoms with Crippen molar-refractivity contribution in [1.29, 1.82) is 0 Å². The van der Waals surface area contributed by atoms with Gasteiger partial charge in [0.25, 0.3) is 0 Å². The fraction of sp³-hybridized carbons (Fsp3) is 0.500. The normalized spacial score (nSPS) is 10.3. The van der Waals surface area contributed by atoms with Gasteiger partial charge in [0.1, 0.15) is 6.61 Å². The number of aryl methyl sites for hydroxylation is 2. The summed E-state index contributed by atoms with van der Waals surface area (Å²) >= 11 is 0. The number of rotatable bonds is 11. The maximum Gasteiger partial charge on any atom is 0.309 e. The average Bonchev–Trinajstić information content (AvgIpc) is 2.61. The molecule has 0 aliphatic heterocycles. The van der Waals surface area contributed by atoms with Crippen LogP contribution in [0.4, 0.5) is 0 Å². The second kappa shape index (κ2) is 12.0. The Hall–Kier alpha value is -2.41.